The lowest BCUT2D eigenvalue weighted by molar-refractivity contribution is -0.0366. The Labute approximate surface area is 183 Å². The molecular formula is C26H29NO4. The van der Waals surface area contributed by atoms with Crippen molar-refractivity contribution >= 4 is 6.09 Å². The molecule has 2 bridgehead atoms. The second-order valence-corrected chi connectivity index (χ2v) is 8.60. The molecule has 2 aromatic carbocycles. The number of morpholine rings is 1. The van der Waals surface area contributed by atoms with Crippen LogP contribution in [-0.2, 0) is 14.2 Å². The van der Waals surface area contributed by atoms with Crippen LogP contribution in [0.2, 0.25) is 0 Å². The third-order valence-electron chi connectivity index (χ3n) is 6.67. The van der Waals surface area contributed by atoms with Crippen LogP contribution in [0.15, 0.2) is 60.2 Å². The molecule has 2 aromatic rings. The third-order valence-corrected chi connectivity index (χ3v) is 6.67. The first kappa shape index (κ1) is 20.3. The van der Waals surface area contributed by atoms with Gasteiger partial charge in [-0.25, -0.2) is 4.79 Å². The number of ether oxygens (including phenoxy) is 3. The first-order valence-corrected chi connectivity index (χ1v) is 11.2. The van der Waals surface area contributed by atoms with Crippen molar-refractivity contribution in [2.24, 2.45) is 0 Å². The van der Waals surface area contributed by atoms with E-state index in [0.717, 1.165) is 25.9 Å². The summed E-state index contributed by atoms with van der Waals surface area (Å²) in [6, 6.07) is 16.8. The van der Waals surface area contributed by atoms with E-state index in [2.05, 4.69) is 54.6 Å². The standard InChI is InChI=1S/C26H29NO4/c1-29-12-6-7-18-13-19-15-30-16-20(14-18)27(19)26(28)31-17-25-23-10-4-2-8-21(23)22-9-3-5-11-24(22)25/h2-5,8-11,13,19-20,25H,6-7,12,14-17H2,1H3. The highest BCUT2D eigenvalue weighted by Crippen LogP contribution is 2.44. The van der Waals surface area contributed by atoms with E-state index in [1.807, 2.05) is 4.90 Å². The molecule has 2 heterocycles. The van der Waals surface area contributed by atoms with Crippen LogP contribution < -0.4 is 0 Å². The lowest BCUT2D eigenvalue weighted by Gasteiger charge is -2.44. The van der Waals surface area contributed by atoms with E-state index in [9.17, 15) is 4.79 Å². The number of benzene rings is 2. The van der Waals surface area contributed by atoms with Gasteiger partial charge in [-0.15, -0.1) is 0 Å². The summed E-state index contributed by atoms with van der Waals surface area (Å²) in [6.07, 6.45) is 4.84. The predicted octanol–water partition coefficient (Wildman–Crippen LogP) is 4.76. The lowest BCUT2D eigenvalue weighted by atomic mass is 9.92. The van der Waals surface area contributed by atoms with Gasteiger partial charge in [0.05, 0.1) is 25.3 Å². The fourth-order valence-corrected chi connectivity index (χ4v) is 5.27. The van der Waals surface area contributed by atoms with E-state index in [-0.39, 0.29) is 24.1 Å². The van der Waals surface area contributed by atoms with E-state index in [1.54, 1.807) is 7.11 Å². The molecule has 0 spiro atoms. The van der Waals surface area contributed by atoms with Gasteiger partial charge in [-0.2, -0.15) is 0 Å². The van der Waals surface area contributed by atoms with Crippen LogP contribution in [0.5, 0.6) is 0 Å². The fraction of sp³-hybridized carbons (Fsp3) is 0.423. The Morgan fingerprint density at radius 2 is 1.77 bits per heavy atom. The third kappa shape index (κ3) is 3.88. The van der Waals surface area contributed by atoms with Crippen LogP contribution >= 0.6 is 0 Å². The summed E-state index contributed by atoms with van der Waals surface area (Å²) in [5.41, 5.74) is 6.35. The zero-order chi connectivity index (χ0) is 21.2. The summed E-state index contributed by atoms with van der Waals surface area (Å²) in [5.74, 6) is 0.0809. The molecule has 0 saturated carbocycles. The topological polar surface area (TPSA) is 48.0 Å². The molecule has 2 aliphatic heterocycles. The van der Waals surface area contributed by atoms with Crippen molar-refractivity contribution in [1.82, 2.24) is 4.90 Å². The molecule has 0 N–H and O–H groups in total. The normalized spacial score (nSPS) is 22.0. The molecule has 1 fully saturated rings. The number of amides is 1. The minimum absolute atomic E-state index is 0.0410. The predicted molar refractivity (Wildman–Crippen MR) is 119 cm³/mol. The molecule has 5 nitrogen and oxygen atoms in total. The summed E-state index contributed by atoms with van der Waals surface area (Å²) in [5, 5.41) is 0. The minimum atomic E-state index is -0.229. The van der Waals surface area contributed by atoms with Gasteiger partial charge in [0.2, 0.25) is 0 Å². The van der Waals surface area contributed by atoms with Crippen molar-refractivity contribution < 1.29 is 19.0 Å². The molecule has 1 aliphatic carbocycles. The Hall–Kier alpha value is -2.63. The van der Waals surface area contributed by atoms with Gasteiger partial charge >= 0.3 is 6.09 Å². The van der Waals surface area contributed by atoms with E-state index in [1.165, 1.54) is 27.8 Å². The SMILES string of the molecule is COCCCC1=CC2COCC(C1)N2C(=O)OCC1c2ccccc2-c2ccccc21. The summed E-state index contributed by atoms with van der Waals surface area (Å²) >= 11 is 0. The van der Waals surface area contributed by atoms with Crippen molar-refractivity contribution in [3.63, 3.8) is 0 Å². The average Bonchev–Trinajstić information content (AvgIpc) is 3.11. The maximum atomic E-state index is 13.2. The summed E-state index contributed by atoms with van der Waals surface area (Å²) < 4.78 is 16.9. The van der Waals surface area contributed by atoms with E-state index in [4.69, 9.17) is 14.2 Å². The van der Waals surface area contributed by atoms with Gasteiger partial charge in [-0.1, -0.05) is 60.2 Å². The van der Waals surface area contributed by atoms with Crippen LogP contribution in [0.1, 0.15) is 36.3 Å². The maximum absolute atomic E-state index is 13.2. The molecule has 2 unspecified atom stereocenters. The van der Waals surface area contributed by atoms with Gasteiger partial charge in [0, 0.05) is 19.6 Å². The van der Waals surface area contributed by atoms with Crippen LogP contribution in [0.4, 0.5) is 4.79 Å². The monoisotopic (exact) mass is 419 g/mol. The quantitative estimate of drug-likeness (QED) is 0.500. The molecule has 5 rings (SSSR count). The Kier molecular flexibility index (Phi) is 5.79. The highest BCUT2D eigenvalue weighted by Gasteiger charge is 2.39. The van der Waals surface area contributed by atoms with Crippen molar-refractivity contribution in [3.05, 3.63) is 71.3 Å². The number of hydrogen-bond donors (Lipinski definition) is 0. The molecule has 1 saturated heterocycles. The minimum Gasteiger partial charge on any atom is -0.448 e. The van der Waals surface area contributed by atoms with E-state index < -0.39 is 0 Å². The second kappa shape index (κ2) is 8.85. The van der Waals surface area contributed by atoms with Gasteiger partial charge in [0.1, 0.15) is 6.61 Å². The first-order chi connectivity index (χ1) is 15.3. The number of rotatable bonds is 6. The zero-order valence-corrected chi connectivity index (χ0v) is 18.0. The van der Waals surface area contributed by atoms with Gasteiger partial charge < -0.3 is 14.2 Å². The van der Waals surface area contributed by atoms with Gasteiger partial charge in [-0.3, -0.25) is 4.90 Å². The van der Waals surface area contributed by atoms with Crippen molar-refractivity contribution in [3.8, 4) is 11.1 Å². The van der Waals surface area contributed by atoms with Crippen LogP contribution in [-0.4, -0.2) is 56.6 Å². The molecule has 162 valence electrons. The highest BCUT2D eigenvalue weighted by atomic mass is 16.6. The van der Waals surface area contributed by atoms with Crippen molar-refractivity contribution in [2.45, 2.75) is 37.3 Å². The van der Waals surface area contributed by atoms with E-state index in [0.29, 0.717) is 19.8 Å². The summed E-state index contributed by atoms with van der Waals surface area (Å²) in [7, 11) is 1.73. The molecular weight excluding hydrogens is 390 g/mol. The number of nitrogens with zero attached hydrogens (tertiary/aromatic N) is 1. The molecule has 0 aromatic heterocycles. The number of carbonyl (C=O) groups is 1. The first-order valence-electron chi connectivity index (χ1n) is 11.2. The average molecular weight is 420 g/mol. The van der Waals surface area contributed by atoms with Crippen LogP contribution in [0.25, 0.3) is 11.1 Å². The zero-order valence-electron chi connectivity index (χ0n) is 18.0. The Balaban J connectivity index is 1.29. The lowest BCUT2D eigenvalue weighted by Crippen LogP contribution is -2.56. The molecule has 3 aliphatic rings. The Morgan fingerprint density at radius 1 is 1.06 bits per heavy atom. The molecule has 5 heteroatoms. The largest absolute Gasteiger partial charge is 0.448 e. The molecule has 1 amide bonds. The Morgan fingerprint density at radius 3 is 2.45 bits per heavy atom. The molecule has 2 atom stereocenters. The van der Waals surface area contributed by atoms with Gasteiger partial charge in [-0.05, 0) is 41.5 Å². The van der Waals surface area contributed by atoms with Gasteiger partial charge in [0.15, 0.2) is 0 Å². The number of methoxy groups -OCH3 is 1. The van der Waals surface area contributed by atoms with Gasteiger partial charge in [0.25, 0.3) is 0 Å². The number of carbonyl (C=O) groups excluding carboxylic acids is 1. The number of fused-ring (bicyclic) bond motifs is 5. The maximum Gasteiger partial charge on any atom is 0.410 e. The van der Waals surface area contributed by atoms with Crippen molar-refractivity contribution in [2.75, 3.05) is 33.5 Å². The fourth-order valence-electron chi connectivity index (χ4n) is 5.27. The molecule has 0 radical (unpaired) electrons. The Bertz CT molecular complexity index is 939. The smallest absolute Gasteiger partial charge is 0.410 e. The summed E-state index contributed by atoms with van der Waals surface area (Å²) in [4.78, 5) is 15.1. The molecule has 31 heavy (non-hydrogen) atoms. The van der Waals surface area contributed by atoms with E-state index >= 15 is 0 Å². The number of hydrogen-bond acceptors (Lipinski definition) is 4. The second-order valence-electron chi connectivity index (χ2n) is 8.60. The van der Waals surface area contributed by atoms with Crippen molar-refractivity contribution in [1.29, 1.82) is 0 Å². The van der Waals surface area contributed by atoms with Crippen LogP contribution in [0.3, 0.4) is 0 Å². The highest BCUT2D eigenvalue weighted by molar-refractivity contribution is 5.79. The van der Waals surface area contributed by atoms with Crippen LogP contribution in [0, 0.1) is 0 Å². The summed E-state index contributed by atoms with van der Waals surface area (Å²) in [6.45, 7) is 2.23.